The summed E-state index contributed by atoms with van der Waals surface area (Å²) in [7, 11) is 0. The molecule has 1 aliphatic rings. The van der Waals surface area contributed by atoms with Crippen LogP contribution in [0.1, 0.15) is 37.0 Å². The maximum atomic E-state index is 15.8. The zero-order chi connectivity index (χ0) is 30.8. The van der Waals surface area contributed by atoms with E-state index >= 15 is 8.78 Å². The number of aliphatic carboxylic acids is 1. The first-order valence-electron chi connectivity index (χ1n) is 14.2. The van der Waals surface area contributed by atoms with Crippen LogP contribution < -0.4 is 5.32 Å². The molecule has 3 aromatic carbocycles. The molecule has 2 N–H and O–H groups in total. The molecule has 0 saturated carbocycles. The fraction of sp³-hybridized carbons (Fsp3) is 0.206. The molecule has 224 valence electrons. The van der Waals surface area contributed by atoms with Crippen LogP contribution in [0.3, 0.4) is 0 Å². The first-order valence-corrected chi connectivity index (χ1v) is 14.2. The highest BCUT2D eigenvalue weighted by Crippen LogP contribution is 2.38. The topological polar surface area (TPSA) is 102 Å². The van der Waals surface area contributed by atoms with Crippen LogP contribution in [0.4, 0.5) is 19.4 Å². The number of hydrogen-bond acceptors (Lipinski definition) is 5. The summed E-state index contributed by atoms with van der Waals surface area (Å²) in [5.41, 5.74) is 0.976. The summed E-state index contributed by atoms with van der Waals surface area (Å²) in [6, 6.07) is 22.9. The van der Waals surface area contributed by atoms with Crippen molar-refractivity contribution in [2.45, 2.75) is 31.3 Å². The summed E-state index contributed by atoms with van der Waals surface area (Å²) in [5.74, 6) is -2.28. The van der Waals surface area contributed by atoms with Crippen LogP contribution in [0.25, 0.3) is 28.0 Å². The minimum Gasteiger partial charge on any atom is -0.481 e. The van der Waals surface area contributed by atoms with Crippen molar-refractivity contribution in [3.05, 3.63) is 114 Å². The average Bonchev–Trinajstić information content (AvgIpc) is 3.40. The minimum absolute atomic E-state index is 0.00326. The third kappa shape index (κ3) is 5.40. The van der Waals surface area contributed by atoms with Crippen molar-refractivity contribution in [2.24, 2.45) is 0 Å². The van der Waals surface area contributed by atoms with Crippen LogP contribution in [-0.2, 0) is 19.7 Å². The van der Waals surface area contributed by atoms with Gasteiger partial charge in [-0.15, -0.1) is 0 Å². The fourth-order valence-electron chi connectivity index (χ4n) is 5.65. The number of carbonyl (C=O) groups is 2. The molecule has 6 rings (SSSR count). The van der Waals surface area contributed by atoms with Gasteiger partial charge in [0, 0.05) is 30.5 Å². The Bertz CT molecular complexity index is 1830. The number of carbonyl (C=O) groups excluding carboxylic acids is 1. The maximum absolute atomic E-state index is 15.8. The van der Waals surface area contributed by atoms with Crippen molar-refractivity contribution in [1.82, 2.24) is 9.38 Å². The number of benzene rings is 3. The molecule has 2 aromatic heterocycles. The fourth-order valence-corrected chi connectivity index (χ4v) is 5.65. The van der Waals surface area contributed by atoms with E-state index in [1.54, 1.807) is 60.0 Å². The van der Waals surface area contributed by atoms with Gasteiger partial charge < -0.3 is 14.6 Å². The van der Waals surface area contributed by atoms with Crippen LogP contribution in [0.5, 0.6) is 0 Å². The second-order valence-electron chi connectivity index (χ2n) is 10.7. The molecule has 0 aliphatic carbocycles. The zero-order valence-corrected chi connectivity index (χ0v) is 23.8. The highest BCUT2D eigenvalue weighted by Gasteiger charge is 2.41. The summed E-state index contributed by atoms with van der Waals surface area (Å²) in [5, 5.41) is 12.6. The van der Waals surface area contributed by atoms with Gasteiger partial charge in [-0.1, -0.05) is 60.7 Å². The molecule has 0 radical (unpaired) electrons. The van der Waals surface area contributed by atoms with Gasteiger partial charge in [0.05, 0.1) is 5.41 Å². The number of rotatable bonds is 7. The van der Waals surface area contributed by atoms with Crippen LogP contribution in [0, 0.1) is 11.6 Å². The molecule has 8 nitrogen and oxygen atoms in total. The number of nitrogens with one attached hydrogen (secondary N) is 1. The van der Waals surface area contributed by atoms with Gasteiger partial charge in [-0.2, -0.15) is 0 Å². The van der Waals surface area contributed by atoms with E-state index in [1.165, 1.54) is 0 Å². The molecular formula is C34H29F2N3O5. The molecule has 1 atom stereocenters. The van der Waals surface area contributed by atoms with E-state index in [2.05, 4.69) is 10.3 Å². The normalized spacial score (nSPS) is 15.1. The van der Waals surface area contributed by atoms with Crippen LogP contribution >= 0.6 is 0 Å². The van der Waals surface area contributed by atoms with Gasteiger partial charge in [0.1, 0.15) is 34.9 Å². The van der Waals surface area contributed by atoms with Gasteiger partial charge >= 0.3 is 12.1 Å². The Balaban J connectivity index is 1.32. The number of amides is 1. The van der Waals surface area contributed by atoms with Crippen molar-refractivity contribution in [3.8, 4) is 22.4 Å². The molecule has 0 spiro atoms. The van der Waals surface area contributed by atoms with E-state index < -0.39 is 35.2 Å². The number of imidazole rings is 1. The minimum atomic E-state index is -1.09. The summed E-state index contributed by atoms with van der Waals surface area (Å²) >= 11 is 0. The van der Waals surface area contributed by atoms with Gasteiger partial charge in [0.15, 0.2) is 0 Å². The predicted molar refractivity (Wildman–Crippen MR) is 160 cm³/mol. The van der Waals surface area contributed by atoms with Gasteiger partial charge in [0.2, 0.25) is 0 Å². The number of anilines is 1. The van der Waals surface area contributed by atoms with Gasteiger partial charge in [0.25, 0.3) is 0 Å². The third-order valence-electron chi connectivity index (χ3n) is 8.12. The lowest BCUT2D eigenvalue weighted by Crippen LogP contribution is -2.41. The Kier molecular flexibility index (Phi) is 7.84. The average molecular weight is 598 g/mol. The molecule has 5 aromatic rings. The molecule has 0 bridgehead atoms. The van der Waals surface area contributed by atoms with E-state index in [1.807, 2.05) is 30.3 Å². The van der Waals surface area contributed by atoms with Crippen LogP contribution in [0.15, 0.2) is 91.1 Å². The molecule has 44 heavy (non-hydrogen) atoms. The first kappa shape index (κ1) is 29.0. The van der Waals surface area contributed by atoms with Crippen molar-refractivity contribution < 1.29 is 33.0 Å². The van der Waals surface area contributed by atoms with E-state index in [0.29, 0.717) is 42.8 Å². The second-order valence-corrected chi connectivity index (χ2v) is 10.7. The van der Waals surface area contributed by atoms with Crippen LogP contribution in [0.2, 0.25) is 0 Å². The van der Waals surface area contributed by atoms with Gasteiger partial charge in [-0.05, 0) is 60.7 Å². The molecule has 1 aliphatic heterocycles. The number of aromatic nitrogens is 2. The number of nitrogens with zero attached hydrogens (tertiary/aromatic N) is 2. The number of carboxylic acids is 1. The molecule has 1 amide bonds. The van der Waals surface area contributed by atoms with Crippen molar-refractivity contribution in [2.75, 3.05) is 18.5 Å². The smallest absolute Gasteiger partial charge is 0.413 e. The van der Waals surface area contributed by atoms with Gasteiger partial charge in [-0.3, -0.25) is 14.5 Å². The van der Waals surface area contributed by atoms with E-state index in [0.717, 1.165) is 17.7 Å². The Hall–Kier alpha value is -5.09. The monoisotopic (exact) mass is 597 g/mol. The Labute approximate surface area is 251 Å². The quantitative estimate of drug-likeness (QED) is 0.203. The lowest BCUT2D eigenvalue weighted by molar-refractivity contribution is -0.147. The first-order chi connectivity index (χ1) is 21.3. The lowest BCUT2D eigenvalue weighted by atomic mass is 9.74. The number of carboxylic acid groups (broad SMARTS) is 1. The van der Waals surface area contributed by atoms with E-state index in [9.17, 15) is 14.7 Å². The Morgan fingerprint density at radius 3 is 2.32 bits per heavy atom. The Morgan fingerprint density at radius 1 is 0.955 bits per heavy atom. The summed E-state index contributed by atoms with van der Waals surface area (Å²) in [6.07, 6.45) is 0.959. The van der Waals surface area contributed by atoms with Crippen LogP contribution in [-0.4, -0.2) is 39.8 Å². The highest BCUT2D eigenvalue weighted by atomic mass is 19.1. The SMILES string of the molecule is C[C@@H](OC(=O)Nc1c(-c2cc(F)c(-c3ccc(C4(C(=O)O)CCOCC4)cc3)cc2F)nc2ccccn12)c1ccccc1. The van der Waals surface area contributed by atoms with E-state index in [-0.39, 0.29) is 22.6 Å². The van der Waals surface area contributed by atoms with Gasteiger partial charge in [-0.25, -0.2) is 18.6 Å². The maximum Gasteiger partial charge on any atom is 0.413 e. The molecular weight excluding hydrogens is 568 g/mol. The molecule has 1 saturated heterocycles. The molecule has 0 unspecified atom stereocenters. The number of fused-ring (bicyclic) bond motifs is 1. The number of ether oxygens (including phenoxy) is 2. The van der Waals surface area contributed by atoms with Crippen molar-refractivity contribution >= 4 is 23.5 Å². The third-order valence-corrected chi connectivity index (χ3v) is 8.12. The second kappa shape index (κ2) is 11.9. The summed E-state index contributed by atoms with van der Waals surface area (Å²) in [6.45, 7) is 2.40. The standard InChI is InChI=1S/C34H29F2N3O5/c1-21(22-7-3-2-4-8-22)44-33(42)38-31-30(37-29-9-5-6-16-39(29)31)26-20-27(35)25(19-28(26)36)23-10-12-24(13-11-23)34(32(40)41)14-17-43-18-15-34/h2-13,16,19-21H,14-15,17-18H2,1H3,(H,38,42)(H,40,41)/t21-/m1/s1. The summed E-state index contributed by atoms with van der Waals surface area (Å²) in [4.78, 5) is 29.6. The molecule has 3 heterocycles. The number of halogens is 2. The molecule has 10 heteroatoms. The zero-order valence-electron chi connectivity index (χ0n) is 23.8. The van der Waals surface area contributed by atoms with Crippen molar-refractivity contribution in [3.63, 3.8) is 0 Å². The Morgan fingerprint density at radius 2 is 1.61 bits per heavy atom. The lowest BCUT2D eigenvalue weighted by Gasteiger charge is -2.33. The number of pyridine rings is 1. The predicted octanol–water partition coefficient (Wildman–Crippen LogP) is 7.39. The largest absolute Gasteiger partial charge is 0.481 e. The van der Waals surface area contributed by atoms with Crippen molar-refractivity contribution in [1.29, 1.82) is 0 Å². The summed E-state index contributed by atoms with van der Waals surface area (Å²) < 4.78 is 43.9. The molecule has 1 fully saturated rings. The number of hydrogen-bond donors (Lipinski definition) is 2. The highest BCUT2D eigenvalue weighted by molar-refractivity contribution is 5.91. The van der Waals surface area contributed by atoms with E-state index in [4.69, 9.17) is 9.47 Å².